The van der Waals surface area contributed by atoms with Crippen molar-refractivity contribution in [3.8, 4) is 17.2 Å². The Morgan fingerprint density at radius 1 is 1.20 bits per heavy atom. The predicted octanol–water partition coefficient (Wildman–Crippen LogP) is 5.43. The van der Waals surface area contributed by atoms with Crippen LogP contribution in [0, 0.1) is 11.3 Å². The van der Waals surface area contributed by atoms with Gasteiger partial charge in [-0.05, 0) is 61.1 Å². The van der Waals surface area contributed by atoms with Gasteiger partial charge in [0.15, 0.2) is 5.76 Å². The molecular formula is C27H31N5O3. The maximum Gasteiger partial charge on any atom is 0.161 e. The molecule has 0 amide bonds. The number of benzene rings is 1. The third-order valence-corrected chi connectivity index (χ3v) is 5.72. The molecule has 3 aromatic rings. The first-order chi connectivity index (χ1) is 17.0. The second kappa shape index (κ2) is 10.9. The van der Waals surface area contributed by atoms with Crippen molar-refractivity contribution in [2.75, 3.05) is 26.1 Å². The molecule has 0 spiro atoms. The normalized spacial score (nSPS) is 13.3. The highest BCUT2D eigenvalue weighted by molar-refractivity contribution is 6.10. The molecule has 3 N–H and O–H groups in total. The Bertz CT molecular complexity index is 1250. The zero-order valence-corrected chi connectivity index (χ0v) is 20.4. The summed E-state index contributed by atoms with van der Waals surface area (Å²) in [5, 5.41) is 15.3. The van der Waals surface area contributed by atoms with Crippen molar-refractivity contribution in [3.63, 3.8) is 0 Å². The van der Waals surface area contributed by atoms with Gasteiger partial charge in [0.1, 0.15) is 28.8 Å². The highest BCUT2D eigenvalue weighted by Gasteiger charge is 2.23. The number of rotatable bonds is 12. The lowest BCUT2D eigenvalue weighted by Crippen LogP contribution is -2.17. The van der Waals surface area contributed by atoms with E-state index in [-0.39, 0.29) is 5.71 Å². The van der Waals surface area contributed by atoms with Gasteiger partial charge in [0.2, 0.25) is 0 Å². The van der Waals surface area contributed by atoms with Crippen LogP contribution in [0.15, 0.2) is 67.0 Å². The van der Waals surface area contributed by atoms with Crippen LogP contribution in [0.5, 0.6) is 17.2 Å². The number of methoxy groups -OCH3 is 1. The standard InChI is InChI=1S/C27H31N5O3/c1-5-19-12-22-21(13-24(19)33-4)23(10-11-30-22)35-20-8-9-26(31-14-20)32-17(2)27(28)25(15-29-3)34-16-18-6-7-18/h8-15,18,28-29H,2,5-7,16H2,1,3-4H3,(H,31,32)/b25-15+,28-27?. The summed E-state index contributed by atoms with van der Waals surface area (Å²) >= 11 is 0. The van der Waals surface area contributed by atoms with E-state index in [0.717, 1.165) is 28.6 Å². The van der Waals surface area contributed by atoms with Crippen LogP contribution in [0.3, 0.4) is 0 Å². The lowest BCUT2D eigenvalue weighted by atomic mass is 10.1. The number of ether oxygens (including phenoxy) is 3. The monoisotopic (exact) mass is 473 g/mol. The maximum atomic E-state index is 8.43. The molecule has 4 rings (SSSR count). The van der Waals surface area contributed by atoms with Gasteiger partial charge in [-0.1, -0.05) is 13.5 Å². The number of aryl methyl sites for hydroxylation is 1. The molecule has 0 bridgehead atoms. The number of fused-ring (bicyclic) bond motifs is 1. The van der Waals surface area contributed by atoms with E-state index in [1.54, 1.807) is 38.8 Å². The summed E-state index contributed by atoms with van der Waals surface area (Å²) in [4.78, 5) is 8.89. The van der Waals surface area contributed by atoms with Crippen molar-refractivity contribution in [2.24, 2.45) is 5.92 Å². The summed E-state index contributed by atoms with van der Waals surface area (Å²) in [7, 11) is 3.44. The summed E-state index contributed by atoms with van der Waals surface area (Å²) in [6.07, 6.45) is 8.23. The molecule has 1 aromatic carbocycles. The van der Waals surface area contributed by atoms with Gasteiger partial charge < -0.3 is 24.8 Å². The second-order valence-electron chi connectivity index (χ2n) is 8.36. The Morgan fingerprint density at radius 2 is 2.03 bits per heavy atom. The Hall–Kier alpha value is -4.07. The number of nitrogens with zero attached hydrogens (tertiary/aromatic N) is 2. The number of aromatic nitrogens is 2. The Morgan fingerprint density at radius 3 is 2.69 bits per heavy atom. The molecule has 2 heterocycles. The first-order valence-corrected chi connectivity index (χ1v) is 11.7. The van der Waals surface area contributed by atoms with E-state index in [1.165, 1.54) is 12.8 Å². The van der Waals surface area contributed by atoms with E-state index >= 15 is 0 Å². The first-order valence-electron chi connectivity index (χ1n) is 11.7. The van der Waals surface area contributed by atoms with E-state index in [4.69, 9.17) is 19.6 Å². The predicted molar refractivity (Wildman–Crippen MR) is 138 cm³/mol. The molecular weight excluding hydrogens is 442 g/mol. The lowest BCUT2D eigenvalue weighted by molar-refractivity contribution is 0.215. The molecule has 8 nitrogen and oxygen atoms in total. The van der Waals surface area contributed by atoms with Crippen LogP contribution in [0.1, 0.15) is 25.3 Å². The summed E-state index contributed by atoms with van der Waals surface area (Å²) in [6.45, 7) is 6.67. The number of hydrogen-bond acceptors (Lipinski definition) is 8. The Kier molecular flexibility index (Phi) is 7.50. The van der Waals surface area contributed by atoms with Gasteiger partial charge in [0.25, 0.3) is 0 Å². The SMILES string of the molecule is C=C(Nc1ccc(Oc2ccnc3cc(CC)c(OC)cc23)cn1)C(=N)/C(=C\NC)OCC1CC1. The minimum Gasteiger partial charge on any atom is -0.496 e. The maximum absolute atomic E-state index is 8.43. The van der Waals surface area contributed by atoms with Gasteiger partial charge >= 0.3 is 0 Å². The molecule has 0 atom stereocenters. The molecule has 182 valence electrons. The largest absolute Gasteiger partial charge is 0.496 e. The number of nitrogens with one attached hydrogen (secondary N) is 3. The molecule has 0 saturated heterocycles. The molecule has 0 aliphatic heterocycles. The van der Waals surface area contributed by atoms with Crippen LogP contribution in [-0.2, 0) is 11.2 Å². The zero-order chi connectivity index (χ0) is 24.8. The van der Waals surface area contributed by atoms with E-state index in [2.05, 4.69) is 34.1 Å². The van der Waals surface area contributed by atoms with Crippen LogP contribution < -0.4 is 20.1 Å². The van der Waals surface area contributed by atoms with Gasteiger partial charge in [-0.15, -0.1) is 0 Å². The molecule has 35 heavy (non-hydrogen) atoms. The van der Waals surface area contributed by atoms with Crippen LogP contribution in [0.25, 0.3) is 10.9 Å². The molecule has 1 aliphatic rings. The summed E-state index contributed by atoms with van der Waals surface area (Å²) in [5.41, 5.74) is 2.50. The number of anilines is 1. The van der Waals surface area contributed by atoms with Crippen molar-refractivity contribution in [2.45, 2.75) is 26.2 Å². The topological polar surface area (TPSA) is 101 Å². The van der Waals surface area contributed by atoms with Gasteiger partial charge in [-0.2, -0.15) is 0 Å². The third-order valence-electron chi connectivity index (χ3n) is 5.72. The molecule has 0 unspecified atom stereocenters. The van der Waals surface area contributed by atoms with Crippen LogP contribution in [0.2, 0.25) is 0 Å². The zero-order valence-electron chi connectivity index (χ0n) is 20.4. The summed E-state index contributed by atoms with van der Waals surface area (Å²) < 4.78 is 17.4. The van der Waals surface area contributed by atoms with Crippen molar-refractivity contribution in [1.29, 1.82) is 5.41 Å². The van der Waals surface area contributed by atoms with E-state index < -0.39 is 0 Å². The molecule has 1 saturated carbocycles. The van der Waals surface area contributed by atoms with Gasteiger partial charge in [-0.25, -0.2) is 4.98 Å². The molecule has 8 heteroatoms. The Balaban J connectivity index is 1.44. The quantitative estimate of drug-likeness (QED) is 0.238. The minimum absolute atomic E-state index is 0.172. The van der Waals surface area contributed by atoms with Gasteiger partial charge in [0, 0.05) is 24.8 Å². The fourth-order valence-electron chi connectivity index (χ4n) is 3.56. The van der Waals surface area contributed by atoms with Crippen LogP contribution in [-0.4, -0.2) is 36.4 Å². The van der Waals surface area contributed by atoms with E-state index in [0.29, 0.717) is 41.3 Å². The second-order valence-corrected chi connectivity index (χ2v) is 8.36. The van der Waals surface area contributed by atoms with E-state index in [9.17, 15) is 0 Å². The first kappa shape index (κ1) is 24.1. The number of hydrogen-bond donors (Lipinski definition) is 3. The van der Waals surface area contributed by atoms with Crippen LogP contribution in [0.4, 0.5) is 5.82 Å². The highest BCUT2D eigenvalue weighted by atomic mass is 16.5. The average Bonchev–Trinajstić information content (AvgIpc) is 3.71. The highest BCUT2D eigenvalue weighted by Crippen LogP contribution is 2.34. The summed E-state index contributed by atoms with van der Waals surface area (Å²) in [6, 6.07) is 9.39. The average molecular weight is 474 g/mol. The van der Waals surface area contributed by atoms with Crippen molar-refractivity contribution in [3.05, 3.63) is 72.5 Å². The van der Waals surface area contributed by atoms with Crippen molar-refractivity contribution >= 4 is 22.4 Å². The number of pyridine rings is 2. The lowest BCUT2D eigenvalue weighted by Gasteiger charge is -2.15. The van der Waals surface area contributed by atoms with Crippen molar-refractivity contribution in [1.82, 2.24) is 15.3 Å². The third kappa shape index (κ3) is 5.90. The summed E-state index contributed by atoms with van der Waals surface area (Å²) in [5.74, 6) is 3.63. The van der Waals surface area contributed by atoms with Crippen molar-refractivity contribution < 1.29 is 14.2 Å². The fourth-order valence-corrected chi connectivity index (χ4v) is 3.56. The van der Waals surface area contributed by atoms with Gasteiger partial charge in [-0.3, -0.25) is 10.4 Å². The smallest absolute Gasteiger partial charge is 0.161 e. The fraction of sp³-hybridized carbons (Fsp3) is 0.296. The molecule has 0 radical (unpaired) electrons. The Labute approximate surface area is 205 Å². The van der Waals surface area contributed by atoms with E-state index in [1.807, 2.05) is 24.3 Å². The molecule has 1 fully saturated rings. The van der Waals surface area contributed by atoms with Gasteiger partial charge in [0.05, 0.1) is 31.1 Å². The minimum atomic E-state index is 0.172. The van der Waals surface area contributed by atoms with Crippen LogP contribution >= 0.6 is 0 Å². The molecule has 1 aliphatic carbocycles. The molecule has 2 aromatic heterocycles.